The average molecular weight is 252 g/mol. The van der Waals surface area contributed by atoms with Crippen LogP contribution in [0.4, 0.5) is 0 Å². The molecule has 0 saturated carbocycles. The van der Waals surface area contributed by atoms with Crippen molar-refractivity contribution < 1.29 is 9.53 Å². The van der Waals surface area contributed by atoms with Gasteiger partial charge in [0.05, 0.1) is 0 Å². The fraction of sp³-hybridized carbons (Fsp3) is 0.571. The normalized spacial score (nSPS) is 11.8. The van der Waals surface area contributed by atoms with Gasteiger partial charge in [-0.15, -0.1) is 0 Å². The lowest BCUT2D eigenvalue weighted by Crippen LogP contribution is -2.41. The minimum absolute atomic E-state index is 0.831. The van der Waals surface area contributed by atoms with Gasteiger partial charge in [-0.1, -0.05) is 31.2 Å². The number of aryl methyl sites for hydroxylation is 1. The first-order valence-corrected chi connectivity index (χ1v) is 9.38. The second-order valence-electron chi connectivity index (χ2n) is 4.98. The molecule has 1 aromatic carbocycles. The van der Waals surface area contributed by atoms with Crippen molar-refractivity contribution >= 4 is 13.5 Å². The van der Waals surface area contributed by atoms with Gasteiger partial charge in [0.25, 0.3) is 0 Å². The molecule has 3 heteroatoms. The van der Waals surface area contributed by atoms with Gasteiger partial charge < -0.3 is 9.53 Å². The van der Waals surface area contributed by atoms with Crippen LogP contribution in [0.15, 0.2) is 24.3 Å². The number of hydrogen-bond acceptors (Lipinski definition) is 2. The molecule has 0 atom stereocenters. The number of benzene rings is 1. The van der Waals surface area contributed by atoms with Gasteiger partial charge in [0.1, 0.15) is 0 Å². The summed E-state index contributed by atoms with van der Waals surface area (Å²) in [6.45, 7) is 7.72. The van der Waals surface area contributed by atoms with Crippen molar-refractivity contribution in [3.05, 3.63) is 29.8 Å². The summed E-state index contributed by atoms with van der Waals surface area (Å²) < 4.78 is 5.46. The van der Waals surface area contributed by atoms with Crippen LogP contribution in [0.5, 0.6) is 0 Å². The fourth-order valence-electron chi connectivity index (χ4n) is 1.73. The summed E-state index contributed by atoms with van der Waals surface area (Å²) >= 11 is 0. The highest BCUT2D eigenvalue weighted by atomic mass is 28.4. The molecule has 1 N–H and O–H groups in total. The molecule has 0 radical (unpaired) electrons. The van der Waals surface area contributed by atoms with Crippen molar-refractivity contribution in [2.45, 2.75) is 39.3 Å². The zero-order chi connectivity index (χ0) is 12.7. The highest BCUT2D eigenvalue weighted by molar-refractivity contribution is 6.83. The summed E-state index contributed by atoms with van der Waals surface area (Å²) in [5.74, 6) is 0. The fourth-order valence-corrected chi connectivity index (χ4v) is 2.77. The van der Waals surface area contributed by atoms with Crippen molar-refractivity contribution in [2.75, 3.05) is 13.2 Å². The van der Waals surface area contributed by atoms with E-state index in [1.54, 1.807) is 0 Å². The topological polar surface area (TPSA) is 29.5 Å². The van der Waals surface area contributed by atoms with Crippen molar-refractivity contribution in [1.82, 2.24) is 0 Å². The summed E-state index contributed by atoms with van der Waals surface area (Å²) in [4.78, 5) is 10.1. The van der Waals surface area contributed by atoms with Crippen molar-refractivity contribution in [3.8, 4) is 0 Å². The largest absolute Gasteiger partial charge is 0.428 e. The van der Waals surface area contributed by atoms with Crippen LogP contribution in [0.3, 0.4) is 0 Å². The molecule has 17 heavy (non-hydrogen) atoms. The maximum absolute atomic E-state index is 10.1. The quantitative estimate of drug-likeness (QED) is 0.596. The minimum Gasteiger partial charge on any atom is -0.428 e. The summed E-state index contributed by atoms with van der Waals surface area (Å²) in [7, 11) is -2.16. The maximum atomic E-state index is 10.1. The third-order valence-electron chi connectivity index (χ3n) is 2.74. The molecular formula is C14H24O2Si. The zero-order valence-corrected chi connectivity index (χ0v) is 12.2. The van der Waals surface area contributed by atoms with Gasteiger partial charge in [-0.2, -0.15) is 0 Å². The number of ether oxygens (including phenoxy) is 1. The van der Waals surface area contributed by atoms with E-state index in [-0.39, 0.29) is 0 Å². The van der Waals surface area contributed by atoms with Crippen molar-refractivity contribution in [1.29, 1.82) is 0 Å². The highest BCUT2D eigenvalue weighted by Crippen LogP contribution is 2.05. The SMILES string of the molecule is CCCOCCCc1cccc([Si](C)(C)O)c1. The first kappa shape index (κ1) is 14.4. The molecule has 0 bridgehead atoms. The van der Waals surface area contributed by atoms with Crippen LogP contribution in [-0.4, -0.2) is 26.3 Å². The maximum Gasteiger partial charge on any atom is 0.213 e. The molecule has 0 aliphatic rings. The summed E-state index contributed by atoms with van der Waals surface area (Å²) in [5, 5.41) is 1.12. The van der Waals surface area contributed by atoms with E-state index >= 15 is 0 Å². The van der Waals surface area contributed by atoms with Crippen LogP contribution in [0, 0.1) is 0 Å². The van der Waals surface area contributed by atoms with Gasteiger partial charge in [0.2, 0.25) is 8.32 Å². The lowest BCUT2D eigenvalue weighted by Gasteiger charge is -2.15. The summed E-state index contributed by atoms with van der Waals surface area (Å²) in [5.41, 5.74) is 1.30. The first-order chi connectivity index (χ1) is 8.04. The van der Waals surface area contributed by atoms with E-state index in [1.165, 1.54) is 5.56 Å². The molecule has 0 aliphatic carbocycles. The molecular weight excluding hydrogens is 228 g/mol. The molecule has 0 saturated heterocycles. The Labute approximate surface area is 106 Å². The minimum atomic E-state index is -2.16. The van der Waals surface area contributed by atoms with E-state index in [4.69, 9.17) is 4.74 Å². The van der Waals surface area contributed by atoms with Crippen LogP contribution < -0.4 is 5.19 Å². The Hall–Kier alpha value is -0.643. The van der Waals surface area contributed by atoms with E-state index in [0.29, 0.717) is 0 Å². The van der Waals surface area contributed by atoms with Crippen LogP contribution in [0.25, 0.3) is 0 Å². The van der Waals surface area contributed by atoms with Gasteiger partial charge in [-0.05, 0) is 43.1 Å². The molecule has 96 valence electrons. The Morgan fingerprint density at radius 3 is 2.65 bits per heavy atom. The first-order valence-electron chi connectivity index (χ1n) is 6.43. The Morgan fingerprint density at radius 2 is 2.00 bits per heavy atom. The molecule has 1 aromatic rings. The van der Waals surface area contributed by atoms with Crippen LogP contribution in [-0.2, 0) is 11.2 Å². The van der Waals surface area contributed by atoms with Crippen LogP contribution >= 0.6 is 0 Å². The van der Waals surface area contributed by atoms with E-state index in [2.05, 4.69) is 19.1 Å². The van der Waals surface area contributed by atoms with E-state index in [9.17, 15) is 4.80 Å². The Balaban J connectivity index is 2.44. The summed E-state index contributed by atoms with van der Waals surface area (Å²) in [6.07, 6.45) is 3.17. The van der Waals surface area contributed by atoms with Gasteiger partial charge >= 0.3 is 0 Å². The van der Waals surface area contributed by atoms with Gasteiger partial charge in [-0.3, -0.25) is 0 Å². The third-order valence-corrected chi connectivity index (χ3v) is 4.46. The molecule has 0 unspecified atom stereocenters. The molecule has 0 heterocycles. The molecule has 0 aromatic heterocycles. The number of rotatable bonds is 7. The molecule has 0 amide bonds. The second kappa shape index (κ2) is 6.94. The van der Waals surface area contributed by atoms with Crippen LogP contribution in [0.1, 0.15) is 25.3 Å². The predicted octanol–water partition coefficient (Wildman–Crippen LogP) is 2.45. The molecule has 2 nitrogen and oxygen atoms in total. The van der Waals surface area contributed by atoms with E-state index in [0.717, 1.165) is 37.7 Å². The average Bonchev–Trinajstić information content (AvgIpc) is 2.28. The molecule has 0 fully saturated rings. The zero-order valence-electron chi connectivity index (χ0n) is 11.2. The predicted molar refractivity (Wildman–Crippen MR) is 75.2 cm³/mol. The van der Waals surface area contributed by atoms with Crippen molar-refractivity contribution in [3.63, 3.8) is 0 Å². The monoisotopic (exact) mass is 252 g/mol. The van der Waals surface area contributed by atoms with Crippen LogP contribution in [0.2, 0.25) is 13.1 Å². The third kappa shape index (κ3) is 5.48. The molecule has 1 rings (SSSR count). The number of hydrogen-bond donors (Lipinski definition) is 1. The van der Waals surface area contributed by atoms with E-state index in [1.807, 2.05) is 25.2 Å². The lowest BCUT2D eigenvalue weighted by molar-refractivity contribution is 0.132. The van der Waals surface area contributed by atoms with E-state index < -0.39 is 8.32 Å². The standard InChI is InChI=1S/C14H24O2Si/c1-4-10-16-11-6-8-13-7-5-9-14(12-13)17(2,3)15/h5,7,9,12,15H,4,6,8,10-11H2,1-3H3. The highest BCUT2D eigenvalue weighted by Gasteiger charge is 2.19. The lowest BCUT2D eigenvalue weighted by atomic mass is 10.1. The Bertz CT molecular complexity index is 331. The smallest absolute Gasteiger partial charge is 0.213 e. The van der Waals surface area contributed by atoms with Gasteiger partial charge in [0.15, 0.2) is 0 Å². The Morgan fingerprint density at radius 1 is 1.24 bits per heavy atom. The second-order valence-corrected chi connectivity index (χ2v) is 8.67. The van der Waals surface area contributed by atoms with Crippen molar-refractivity contribution in [2.24, 2.45) is 0 Å². The molecule has 0 spiro atoms. The summed E-state index contributed by atoms with van der Waals surface area (Å²) in [6, 6.07) is 8.35. The van der Waals surface area contributed by atoms with Gasteiger partial charge in [0, 0.05) is 13.2 Å². The van der Waals surface area contributed by atoms with Gasteiger partial charge in [-0.25, -0.2) is 0 Å². The Kier molecular flexibility index (Phi) is 5.89. The molecule has 0 aliphatic heterocycles.